The van der Waals surface area contributed by atoms with Crippen LogP contribution in [0.15, 0.2) is 24.3 Å². The second-order valence-electron chi connectivity index (χ2n) is 2.28. The normalized spacial score (nSPS) is 9.83. The van der Waals surface area contributed by atoms with Gasteiger partial charge in [-0.05, 0) is 6.07 Å². The molecule has 0 radical (unpaired) electrons. The molecule has 1 nitrogen and oxygen atoms in total. The fourth-order valence-electron chi connectivity index (χ4n) is 0.904. The molecule has 66 valence electrons. The van der Waals surface area contributed by atoms with Gasteiger partial charge >= 0.3 is 0 Å². The number of hydrogen-bond donors (Lipinski definition) is 0. The van der Waals surface area contributed by atoms with E-state index in [0.29, 0.717) is 6.61 Å². The van der Waals surface area contributed by atoms with Gasteiger partial charge in [-0.15, -0.1) is 0 Å². The van der Waals surface area contributed by atoms with E-state index in [1.807, 2.05) is 18.2 Å². The lowest BCUT2D eigenvalue weighted by molar-refractivity contribution is 0.342. The van der Waals surface area contributed by atoms with Crippen LogP contribution in [0.1, 0.15) is 5.56 Å². The number of benzene rings is 1. The van der Waals surface area contributed by atoms with Crippen LogP contribution in [0.3, 0.4) is 0 Å². The Morgan fingerprint density at radius 1 is 1.17 bits per heavy atom. The molecule has 0 heterocycles. The third-order valence-electron chi connectivity index (χ3n) is 1.45. The Kier molecular flexibility index (Phi) is 4.69. The van der Waals surface area contributed by atoms with Crippen LogP contribution in [-0.4, -0.2) is 11.9 Å². The monoisotopic (exact) mass is 292 g/mol. The molecule has 0 N–H and O–H groups in total. The van der Waals surface area contributed by atoms with Gasteiger partial charge in [0.25, 0.3) is 0 Å². The minimum absolute atomic E-state index is 0.712. The molecule has 0 spiro atoms. The van der Waals surface area contributed by atoms with E-state index in [9.17, 15) is 0 Å². The van der Waals surface area contributed by atoms with Gasteiger partial charge in [0, 0.05) is 16.2 Å². The van der Waals surface area contributed by atoms with Crippen LogP contribution in [0, 0.1) is 0 Å². The van der Waals surface area contributed by atoms with Gasteiger partial charge in [-0.25, -0.2) is 0 Å². The molecule has 0 bridgehead atoms. The molecule has 0 fully saturated rings. The largest absolute Gasteiger partial charge is 0.492 e. The second-order valence-corrected chi connectivity index (χ2v) is 3.63. The van der Waals surface area contributed by atoms with E-state index in [1.54, 1.807) is 0 Å². The SMILES string of the molecule is BrCCOc1ccccc1CBr. The van der Waals surface area contributed by atoms with Gasteiger partial charge in [0.15, 0.2) is 0 Å². The fourth-order valence-corrected chi connectivity index (χ4v) is 1.53. The maximum atomic E-state index is 5.50. The van der Waals surface area contributed by atoms with Gasteiger partial charge in [0.1, 0.15) is 5.75 Å². The van der Waals surface area contributed by atoms with Crippen molar-refractivity contribution in [3.05, 3.63) is 29.8 Å². The van der Waals surface area contributed by atoms with Crippen LogP contribution in [0.5, 0.6) is 5.75 Å². The average Bonchev–Trinajstić information content (AvgIpc) is 2.15. The van der Waals surface area contributed by atoms with Crippen molar-refractivity contribution in [1.82, 2.24) is 0 Å². The topological polar surface area (TPSA) is 9.23 Å². The second kappa shape index (κ2) is 5.60. The van der Waals surface area contributed by atoms with Crippen LogP contribution >= 0.6 is 31.9 Å². The third kappa shape index (κ3) is 2.79. The van der Waals surface area contributed by atoms with Crippen molar-refractivity contribution in [3.63, 3.8) is 0 Å². The van der Waals surface area contributed by atoms with Crippen LogP contribution in [0.25, 0.3) is 0 Å². The molecule has 0 saturated heterocycles. The Bertz CT molecular complexity index is 238. The number of halogens is 2. The summed E-state index contributed by atoms with van der Waals surface area (Å²) in [5.41, 5.74) is 1.19. The van der Waals surface area contributed by atoms with E-state index < -0.39 is 0 Å². The first-order valence-electron chi connectivity index (χ1n) is 3.71. The maximum absolute atomic E-state index is 5.50. The quantitative estimate of drug-likeness (QED) is 0.774. The first kappa shape index (κ1) is 10.1. The van der Waals surface area contributed by atoms with Gasteiger partial charge < -0.3 is 4.74 Å². The van der Waals surface area contributed by atoms with E-state index in [-0.39, 0.29) is 0 Å². The van der Waals surface area contributed by atoms with Crippen LogP contribution < -0.4 is 4.74 Å². The van der Waals surface area contributed by atoms with E-state index >= 15 is 0 Å². The smallest absolute Gasteiger partial charge is 0.123 e. The highest BCUT2D eigenvalue weighted by Gasteiger charge is 1.99. The molecule has 1 aromatic carbocycles. The summed E-state index contributed by atoms with van der Waals surface area (Å²) in [5.74, 6) is 0.967. The Morgan fingerprint density at radius 3 is 2.58 bits per heavy atom. The third-order valence-corrected chi connectivity index (χ3v) is 2.38. The van der Waals surface area contributed by atoms with Crippen molar-refractivity contribution in [1.29, 1.82) is 0 Å². The summed E-state index contributed by atoms with van der Waals surface area (Å²) in [6, 6.07) is 8.03. The lowest BCUT2D eigenvalue weighted by Gasteiger charge is -2.07. The Hall–Kier alpha value is -0.0200. The predicted octanol–water partition coefficient (Wildman–Crippen LogP) is 3.36. The van der Waals surface area contributed by atoms with E-state index in [4.69, 9.17) is 4.74 Å². The molecule has 0 unspecified atom stereocenters. The van der Waals surface area contributed by atoms with Crippen molar-refractivity contribution >= 4 is 31.9 Å². The van der Waals surface area contributed by atoms with Gasteiger partial charge in [-0.3, -0.25) is 0 Å². The summed E-state index contributed by atoms with van der Waals surface area (Å²) in [7, 11) is 0. The number of para-hydroxylation sites is 1. The summed E-state index contributed by atoms with van der Waals surface area (Å²) in [6.07, 6.45) is 0. The van der Waals surface area contributed by atoms with E-state index in [2.05, 4.69) is 37.9 Å². The molecule has 1 aromatic rings. The average molecular weight is 294 g/mol. The molecule has 0 aliphatic heterocycles. The molecule has 1 rings (SSSR count). The molecule has 0 aliphatic carbocycles. The molecule has 0 aromatic heterocycles. The van der Waals surface area contributed by atoms with Crippen LogP contribution in [0.2, 0.25) is 0 Å². The number of ether oxygens (including phenoxy) is 1. The van der Waals surface area contributed by atoms with Gasteiger partial charge in [-0.2, -0.15) is 0 Å². The molecule has 3 heteroatoms. The number of alkyl halides is 2. The van der Waals surface area contributed by atoms with Crippen molar-refractivity contribution in [2.45, 2.75) is 5.33 Å². The first-order valence-corrected chi connectivity index (χ1v) is 5.95. The van der Waals surface area contributed by atoms with E-state index in [0.717, 1.165) is 16.4 Å². The van der Waals surface area contributed by atoms with Crippen LogP contribution in [-0.2, 0) is 5.33 Å². The number of rotatable bonds is 4. The van der Waals surface area contributed by atoms with Gasteiger partial charge in [-0.1, -0.05) is 50.1 Å². The summed E-state index contributed by atoms with van der Waals surface area (Å²) in [5, 5.41) is 1.70. The summed E-state index contributed by atoms with van der Waals surface area (Å²) >= 11 is 6.73. The first-order chi connectivity index (χ1) is 5.88. The highest BCUT2D eigenvalue weighted by Crippen LogP contribution is 2.20. The Morgan fingerprint density at radius 2 is 1.92 bits per heavy atom. The van der Waals surface area contributed by atoms with Crippen molar-refractivity contribution in [2.24, 2.45) is 0 Å². The highest BCUT2D eigenvalue weighted by atomic mass is 79.9. The molecule has 0 amide bonds. The minimum atomic E-state index is 0.712. The highest BCUT2D eigenvalue weighted by molar-refractivity contribution is 9.09. The minimum Gasteiger partial charge on any atom is -0.492 e. The zero-order valence-corrected chi connectivity index (χ0v) is 9.77. The van der Waals surface area contributed by atoms with Crippen molar-refractivity contribution < 1.29 is 4.74 Å². The summed E-state index contributed by atoms with van der Waals surface area (Å²) in [4.78, 5) is 0. The fraction of sp³-hybridized carbons (Fsp3) is 0.333. The molecule has 0 atom stereocenters. The molecule has 12 heavy (non-hydrogen) atoms. The number of hydrogen-bond acceptors (Lipinski definition) is 1. The molecular weight excluding hydrogens is 284 g/mol. The lowest BCUT2D eigenvalue weighted by atomic mass is 10.2. The van der Waals surface area contributed by atoms with Gasteiger partial charge in [0.05, 0.1) is 6.61 Å². The molecular formula is C9H10Br2O. The van der Waals surface area contributed by atoms with Crippen molar-refractivity contribution in [3.8, 4) is 5.75 Å². The van der Waals surface area contributed by atoms with Crippen LogP contribution in [0.4, 0.5) is 0 Å². The van der Waals surface area contributed by atoms with E-state index in [1.165, 1.54) is 5.56 Å². The summed E-state index contributed by atoms with van der Waals surface area (Å²) in [6.45, 7) is 0.712. The predicted molar refractivity (Wildman–Crippen MR) is 58.4 cm³/mol. The molecule has 0 saturated carbocycles. The summed E-state index contributed by atoms with van der Waals surface area (Å²) < 4.78 is 5.50. The Labute approximate surface area is 89.4 Å². The zero-order valence-electron chi connectivity index (χ0n) is 6.59. The standard InChI is InChI=1S/C9H10Br2O/c10-5-6-12-9-4-2-1-3-8(9)7-11/h1-4H,5-7H2. The Balaban J connectivity index is 2.68. The van der Waals surface area contributed by atoms with Crippen molar-refractivity contribution in [2.75, 3.05) is 11.9 Å². The lowest BCUT2D eigenvalue weighted by Crippen LogP contribution is -1.99. The zero-order chi connectivity index (χ0) is 8.81. The molecule has 0 aliphatic rings. The van der Waals surface area contributed by atoms with Gasteiger partial charge in [0.2, 0.25) is 0 Å². The maximum Gasteiger partial charge on any atom is 0.123 e.